The first-order valence-corrected chi connectivity index (χ1v) is 10.2. The Kier molecular flexibility index (Phi) is 5.22. The number of thiophene rings is 1. The zero-order chi connectivity index (χ0) is 18.8. The van der Waals surface area contributed by atoms with E-state index in [9.17, 15) is 14.0 Å². The molecule has 27 heavy (non-hydrogen) atoms. The van der Waals surface area contributed by atoms with Gasteiger partial charge in [0, 0.05) is 32.7 Å². The van der Waals surface area contributed by atoms with Crippen LogP contribution in [0.15, 0.2) is 41.8 Å². The van der Waals surface area contributed by atoms with E-state index >= 15 is 0 Å². The van der Waals surface area contributed by atoms with Crippen LogP contribution in [-0.4, -0.2) is 60.4 Å². The van der Waals surface area contributed by atoms with Gasteiger partial charge in [0.05, 0.1) is 16.6 Å². The number of halogens is 1. The molecule has 1 aromatic carbocycles. The summed E-state index contributed by atoms with van der Waals surface area (Å²) in [5, 5.41) is 1.91. The molecule has 2 aliphatic rings. The zero-order valence-electron chi connectivity index (χ0n) is 15.0. The van der Waals surface area contributed by atoms with Crippen LogP contribution >= 0.6 is 11.3 Å². The van der Waals surface area contributed by atoms with Crippen molar-refractivity contribution in [1.29, 1.82) is 0 Å². The van der Waals surface area contributed by atoms with Crippen molar-refractivity contribution in [3.05, 3.63) is 52.5 Å². The number of para-hydroxylation sites is 1. The zero-order valence-corrected chi connectivity index (χ0v) is 15.8. The van der Waals surface area contributed by atoms with Gasteiger partial charge < -0.3 is 9.80 Å². The number of hydrogen-bond acceptors (Lipinski definition) is 4. The van der Waals surface area contributed by atoms with Crippen molar-refractivity contribution < 1.29 is 14.0 Å². The van der Waals surface area contributed by atoms with Gasteiger partial charge in [-0.1, -0.05) is 18.2 Å². The van der Waals surface area contributed by atoms with E-state index in [1.165, 1.54) is 17.4 Å². The quantitative estimate of drug-likeness (QED) is 0.814. The summed E-state index contributed by atoms with van der Waals surface area (Å²) < 4.78 is 14.1. The van der Waals surface area contributed by atoms with Gasteiger partial charge in [0.15, 0.2) is 0 Å². The summed E-state index contributed by atoms with van der Waals surface area (Å²) in [6.45, 7) is 3.28. The van der Waals surface area contributed by atoms with Crippen molar-refractivity contribution >= 4 is 28.8 Å². The van der Waals surface area contributed by atoms with Crippen LogP contribution in [0.3, 0.4) is 0 Å². The maximum Gasteiger partial charge on any atom is 0.263 e. The number of benzene rings is 1. The molecule has 0 saturated carbocycles. The van der Waals surface area contributed by atoms with E-state index in [2.05, 4.69) is 4.90 Å². The number of anilines is 1. The summed E-state index contributed by atoms with van der Waals surface area (Å²) in [6.07, 6.45) is 1.52. The lowest BCUT2D eigenvalue weighted by atomic mass is 10.2. The predicted octanol–water partition coefficient (Wildman–Crippen LogP) is 2.84. The minimum absolute atomic E-state index is 0.0434. The molecule has 2 saturated heterocycles. The molecule has 2 amide bonds. The van der Waals surface area contributed by atoms with E-state index in [0.717, 1.165) is 17.8 Å². The largest absolute Gasteiger partial charge is 0.337 e. The van der Waals surface area contributed by atoms with Gasteiger partial charge in [0.25, 0.3) is 5.91 Å². The van der Waals surface area contributed by atoms with Crippen molar-refractivity contribution in [1.82, 2.24) is 9.80 Å². The molecular weight excluding hydrogens is 365 g/mol. The maximum absolute atomic E-state index is 14.1. The number of amides is 2. The highest BCUT2D eigenvalue weighted by molar-refractivity contribution is 7.12. The summed E-state index contributed by atoms with van der Waals surface area (Å²) >= 11 is 1.46. The minimum Gasteiger partial charge on any atom is -0.337 e. The first-order valence-electron chi connectivity index (χ1n) is 9.28. The van der Waals surface area contributed by atoms with Crippen LogP contribution in [-0.2, 0) is 4.79 Å². The lowest BCUT2D eigenvalue weighted by Gasteiger charge is -2.26. The van der Waals surface area contributed by atoms with Crippen molar-refractivity contribution in [3.63, 3.8) is 0 Å². The van der Waals surface area contributed by atoms with Crippen molar-refractivity contribution in [2.45, 2.75) is 18.9 Å². The molecule has 4 rings (SSSR count). The third-order valence-electron chi connectivity index (χ3n) is 5.31. The highest BCUT2D eigenvalue weighted by atomic mass is 32.1. The van der Waals surface area contributed by atoms with Gasteiger partial charge in [0.2, 0.25) is 5.91 Å². The molecular formula is C20H22FN3O2S. The van der Waals surface area contributed by atoms with E-state index in [0.29, 0.717) is 38.3 Å². The van der Waals surface area contributed by atoms with Gasteiger partial charge in [-0.2, -0.15) is 0 Å². The monoisotopic (exact) mass is 387 g/mol. The first kappa shape index (κ1) is 18.1. The van der Waals surface area contributed by atoms with Gasteiger partial charge in [-0.05, 0) is 36.4 Å². The summed E-state index contributed by atoms with van der Waals surface area (Å²) in [5.41, 5.74) is 0.356. The molecule has 0 radical (unpaired) electrons. The molecule has 1 atom stereocenters. The Hall–Kier alpha value is -2.25. The molecule has 5 nitrogen and oxygen atoms in total. The smallest absolute Gasteiger partial charge is 0.263 e. The molecule has 142 valence electrons. The van der Waals surface area contributed by atoms with Crippen LogP contribution in [0.2, 0.25) is 0 Å². The van der Waals surface area contributed by atoms with Gasteiger partial charge in [0.1, 0.15) is 5.82 Å². The van der Waals surface area contributed by atoms with E-state index in [-0.39, 0.29) is 23.7 Å². The molecule has 1 aromatic heterocycles. The van der Waals surface area contributed by atoms with Crippen LogP contribution in [0.4, 0.5) is 10.1 Å². The fourth-order valence-corrected chi connectivity index (χ4v) is 4.61. The second-order valence-corrected chi connectivity index (χ2v) is 7.85. The van der Waals surface area contributed by atoms with Gasteiger partial charge in [-0.25, -0.2) is 4.39 Å². The molecule has 0 aliphatic carbocycles. The minimum atomic E-state index is -0.366. The van der Waals surface area contributed by atoms with E-state index < -0.39 is 0 Å². The maximum atomic E-state index is 14.1. The van der Waals surface area contributed by atoms with Crippen molar-refractivity contribution in [2.24, 2.45) is 0 Å². The van der Waals surface area contributed by atoms with Crippen LogP contribution < -0.4 is 4.90 Å². The highest BCUT2D eigenvalue weighted by Gasteiger charge is 2.38. The third kappa shape index (κ3) is 3.61. The molecule has 0 spiro atoms. The molecule has 2 fully saturated rings. The molecule has 7 heteroatoms. The number of nitrogens with zero attached hydrogens (tertiary/aromatic N) is 3. The molecule has 3 heterocycles. The Balaban J connectivity index is 1.42. The van der Waals surface area contributed by atoms with E-state index in [1.54, 1.807) is 23.1 Å². The molecule has 0 bridgehead atoms. The standard InChI is InChI=1S/C20H22FN3O2S/c21-15-5-1-2-6-16(15)24-11-8-17(19(24)25)22-9-4-10-23(13-12-22)20(26)18-7-3-14-27-18/h1-3,5-7,14,17H,4,8-13H2. The summed E-state index contributed by atoms with van der Waals surface area (Å²) in [6, 6.07) is 9.92. The number of hydrogen-bond donors (Lipinski definition) is 0. The fourth-order valence-electron chi connectivity index (χ4n) is 3.92. The molecule has 2 aromatic rings. The lowest BCUT2D eigenvalue weighted by Crippen LogP contribution is -2.44. The topological polar surface area (TPSA) is 43.9 Å². The number of carbonyl (C=O) groups excluding carboxylic acids is 2. The Morgan fingerprint density at radius 2 is 1.89 bits per heavy atom. The van der Waals surface area contributed by atoms with Crippen molar-refractivity contribution in [2.75, 3.05) is 37.6 Å². The van der Waals surface area contributed by atoms with Gasteiger partial charge in [-0.15, -0.1) is 11.3 Å². The number of carbonyl (C=O) groups is 2. The van der Waals surface area contributed by atoms with Crippen molar-refractivity contribution in [3.8, 4) is 0 Å². The van der Waals surface area contributed by atoms with Crippen LogP contribution in [0, 0.1) is 5.82 Å². The average Bonchev–Trinajstić information content (AvgIpc) is 3.27. The highest BCUT2D eigenvalue weighted by Crippen LogP contribution is 2.27. The molecule has 1 unspecified atom stereocenters. The van der Waals surface area contributed by atoms with Crippen LogP contribution in [0.25, 0.3) is 0 Å². The second-order valence-electron chi connectivity index (χ2n) is 6.90. The fraction of sp³-hybridized carbons (Fsp3) is 0.400. The third-order valence-corrected chi connectivity index (χ3v) is 6.17. The molecule has 2 aliphatic heterocycles. The summed E-state index contributed by atoms with van der Waals surface area (Å²) in [7, 11) is 0. The Morgan fingerprint density at radius 1 is 1.04 bits per heavy atom. The van der Waals surface area contributed by atoms with E-state index in [1.807, 2.05) is 22.4 Å². The SMILES string of the molecule is O=C(c1cccs1)N1CCCN(C2CCN(c3ccccc3F)C2=O)CC1. The van der Waals surface area contributed by atoms with Gasteiger partial charge in [-0.3, -0.25) is 14.5 Å². The van der Waals surface area contributed by atoms with Crippen LogP contribution in [0.1, 0.15) is 22.5 Å². The second kappa shape index (κ2) is 7.78. The predicted molar refractivity (Wildman–Crippen MR) is 104 cm³/mol. The summed E-state index contributed by atoms with van der Waals surface area (Å²) in [4.78, 5) is 31.8. The Bertz CT molecular complexity index is 826. The summed E-state index contributed by atoms with van der Waals surface area (Å²) in [5.74, 6) is -0.342. The molecule has 0 N–H and O–H groups in total. The average molecular weight is 387 g/mol. The van der Waals surface area contributed by atoms with Crippen LogP contribution in [0.5, 0.6) is 0 Å². The lowest BCUT2D eigenvalue weighted by molar-refractivity contribution is -0.121. The van der Waals surface area contributed by atoms with Gasteiger partial charge >= 0.3 is 0 Å². The Labute approximate surface area is 162 Å². The number of rotatable bonds is 3. The Morgan fingerprint density at radius 3 is 2.67 bits per heavy atom. The van der Waals surface area contributed by atoms with E-state index in [4.69, 9.17) is 0 Å². The first-order chi connectivity index (χ1) is 13.1. The normalized spacial score (nSPS) is 21.5.